The van der Waals surface area contributed by atoms with E-state index in [9.17, 15) is 8.78 Å². The summed E-state index contributed by atoms with van der Waals surface area (Å²) in [4.78, 5) is 8.83. The van der Waals surface area contributed by atoms with E-state index in [1.165, 1.54) is 6.07 Å². The average molecular weight is 460 g/mol. The highest BCUT2D eigenvalue weighted by molar-refractivity contribution is 14.0. The average Bonchev–Trinajstić information content (AvgIpc) is 2.56. The fourth-order valence-electron chi connectivity index (χ4n) is 2.23. The Labute approximate surface area is 164 Å². The van der Waals surface area contributed by atoms with Crippen molar-refractivity contribution in [3.63, 3.8) is 0 Å². The Balaban J connectivity index is 0.00000312. The lowest BCUT2D eigenvalue weighted by Gasteiger charge is -2.18. The molecule has 0 fully saturated rings. The number of nitrogens with one attached hydrogen (secondary N) is 2. The molecule has 0 amide bonds. The van der Waals surface area contributed by atoms with E-state index in [2.05, 4.69) is 20.6 Å². The number of guanidine groups is 1. The summed E-state index contributed by atoms with van der Waals surface area (Å²) in [5.74, 6) is -1.11. The molecule has 1 atom stereocenters. The van der Waals surface area contributed by atoms with Gasteiger partial charge in [-0.25, -0.2) is 13.8 Å². The van der Waals surface area contributed by atoms with Gasteiger partial charge in [-0.15, -0.1) is 24.0 Å². The minimum atomic E-state index is -0.854. The predicted octanol–water partition coefficient (Wildman–Crippen LogP) is 4.10. The Morgan fingerprint density at radius 1 is 1.24 bits per heavy atom. The van der Waals surface area contributed by atoms with Crippen molar-refractivity contribution in [2.24, 2.45) is 4.99 Å². The Bertz CT molecular complexity index is 722. The van der Waals surface area contributed by atoms with E-state index in [1.54, 1.807) is 12.3 Å². The predicted molar refractivity (Wildman–Crippen MR) is 107 cm³/mol. The fraction of sp³-hybridized carbons (Fsp3) is 0.333. The summed E-state index contributed by atoms with van der Waals surface area (Å²) in [6.45, 7) is 6.95. The number of benzene rings is 1. The van der Waals surface area contributed by atoms with E-state index in [4.69, 9.17) is 0 Å². The zero-order chi connectivity index (χ0) is 17.5. The van der Waals surface area contributed by atoms with E-state index in [0.29, 0.717) is 24.6 Å². The first-order chi connectivity index (χ1) is 11.5. The zero-order valence-corrected chi connectivity index (χ0v) is 16.8. The SMILES string of the molecule is CCNC(=NCc1ncccc1C)NC(C)c1ccc(F)c(F)c1.I. The summed E-state index contributed by atoms with van der Waals surface area (Å²) in [5, 5.41) is 6.33. The molecular formula is C18H23F2IN4. The van der Waals surface area contributed by atoms with Gasteiger partial charge in [0.15, 0.2) is 17.6 Å². The highest BCUT2D eigenvalue weighted by Gasteiger charge is 2.11. The summed E-state index contributed by atoms with van der Waals surface area (Å²) in [6.07, 6.45) is 1.74. The molecule has 7 heteroatoms. The van der Waals surface area contributed by atoms with Crippen LogP contribution in [0.15, 0.2) is 41.5 Å². The van der Waals surface area contributed by atoms with Gasteiger partial charge in [0, 0.05) is 12.7 Å². The molecular weight excluding hydrogens is 437 g/mol. The lowest BCUT2D eigenvalue weighted by molar-refractivity contribution is 0.504. The summed E-state index contributed by atoms with van der Waals surface area (Å²) >= 11 is 0. The largest absolute Gasteiger partial charge is 0.357 e. The number of rotatable bonds is 5. The van der Waals surface area contributed by atoms with Crippen LogP contribution < -0.4 is 10.6 Å². The smallest absolute Gasteiger partial charge is 0.192 e. The molecule has 2 aromatic rings. The van der Waals surface area contributed by atoms with Crippen LogP contribution in [0.4, 0.5) is 8.78 Å². The van der Waals surface area contributed by atoms with Crippen molar-refractivity contribution in [2.45, 2.75) is 33.4 Å². The Morgan fingerprint density at radius 2 is 2.00 bits per heavy atom. The molecule has 0 saturated heterocycles. The quantitative estimate of drug-likeness (QED) is 0.402. The fourth-order valence-corrected chi connectivity index (χ4v) is 2.23. The molecule has 2 rings (SSSR count). The summed E-state index contributed by atoms with van der Waals surface area (Å²) in [7, 11) is 0. The number of aryl methyl sites for hydroxylation is 1. The minimum absolute atomic E-state index is 0. The second kappa shape index (κ2) is 10.3. The van der Waals surface area contributed by atoms with Crippen molar-refractivity contribution in [1.29, 1.82) is 0 Å². The number of pyridine rings is 1. The molecule has 4 nitrogen and oxygen atoms in total. The normalized spacial score (nSPS) is 12.3. The van der Waals surface area contributed by atoms with Gasteiger partial charge in [0.05, 0.1) is 18.3 Å². The topological polar surface area (TPSA) is 49.3 Å². The monoisotopic (exact) mass is 460 g/mol. The maximum atomic E-state index is 13.4. The van der Waals surface area contributed by atoms with Gasteiger partial charge in [0.25, 0.3) is 0 Å². The molecule has 0 saturated carbocycles. The maximum Gasteiger partial charge on any atom is 0.192 e. The molecule has 136 valence electrons. The lowest BCUT2D eigenvalue weighted by atomic mass is 10.1. The van der Waals surface area contributed by atoms with Crippen molar-refractivity contribution >= 4 is 29.9 Å². The molecule has 0 spiro atoms. The summed E-state index contributed by atoms with van der Waals surface area (Å²) in [6, 6.07) is 7.54. The van der Waals surface area contributed by atoms with Crippen LogP contribution in [0.3, 0.4) is 0 Å². The first-order valence-electron chi connectivity index (χ1n) is 7.91. The third kappa shape index (κ3) is 6.22. The molecule has 1 unspecified atom stereocenters. The van der Waals surface area contributed by atoms with Crippen molar-refractivity contribution in [2.75, 3.05) is 6.54 Å². The summed E-state index contributed by atoms with van der Waals surface area (Å²) < 4.78 is 26.4. The highest BCUT2D eigenvalue weighted by Crippen LogP contribution is 2.16. The Hall–Kier alpha value is -1.77. The Kier molecular flexibility index (Phi) is 8.74. The second-order valence-electron chi connectivity index (χ2n) is 5.50. The molecule has 0 aliphatic carbocycles. The van der Waals surface area contributed by atoms with E-state index < -0.39 is 11.6 Å². The standard InChI is InChI=1S/C18H22F2N4.HI/c1-4-21-18(23-11-17-12(2)6-5-9-22-17)24-13(3)14-7-8-15(19)16(20)10-14;/h5-10,13H,4,11H2,1-3H3,(H2,21,23,24);1H. The van der Waals surface area contributed by atoms with Crippen LogP contribution in [0.25, 0.3) is 0 Å². The van der Waals surface area contributed by atoms with Crippen molar-refractivity contribution in [1.82, 2.24) is 15.6 Å². The first-order valence-corrected chi connectivity index (χ1v) is 7.91. The van der Waals surface area contributed by atoms with Crippen molar-refractivity contribution in [3.05, 3.63) is 65.0 Å². The minimum Gasteiger partial charge on any atom is -0.357 e. The van der Waals surface area contributed by atoms with Crippen LogP contribution in [0.1, 0.15) is 36.7 Å². The van der Waals surface area contributed by atoms with Crippen LogP contribution in [0.2, 0.25) is 0 Å². The van der Waals surface area contributed by atoms with Gasteiger partial charge < -0.3 is 10.6 Å². The number of hydrogen-bond donors (Lipinski definition) is 2. The third-order valence-corrected chi connectivity index (χ3v) is 3.65. The zero-order valence-electron chi connectivity index (χ0n) is 14.5. The molecule has 0 aliphatic rings. The van der Waals surface area contributed by atoms with Gasteiger partial charge in [-0.1, -0.05) is 12.1 Å². The molecule has 0 aliphatic heterocycles. The number of halogens is 3. The second-order valence-corrected chi connectivity index (χ2v) is 5.50. The lowest BCUT2D eigenvalue weighted by Crippen LogP contribution is -2.38. The van der Waals surface area contributed by atoms with E-state index in [1.807, 2.05) is 32.9 Å². The molecule has 2 N–H and O–H groups in total. The third-order valence-electron chi connectivity index (χ3n) is 3.65. The van der Waals surface area contributed by atoms with Gasteiger partial charge in [-0.05, 0) is 50.1 Å². The van der Waals surface area contributed by atoms with Crippen molar-refractivity contribution in [3.8, 4) is 0 Å². The van der Waals surface area contributed by atoms with E-state index in [0.717, 1.165) is 17.3 Å². The van der Waals surface area contributed by atoms with Crippen LogP contribution in [-0.2, 0) is 6.54 Å². The van der Waals surface area contributed by atoms with Gasteiger partial charge in [0.1, 0.15) is 0 Å². The van der Waals surface area contributed by atoms with Crippen molar-refractivity contribution < 1.29 is 8.78 Å². The first kappa shape index (κ1) is 21.3. The number of aliphatic imine (C=N–C) groups is 1. The van der Waals surface area contributed by atoms with E-state index in [-0.39, 0.29) is 30.0 Å². The Morgan fingerprint density at radius 3 is 2.64 bits per heavy atom. The summed E-state index contributed by atoms with van der Waals surface area (Å²) in [5.41, 5.74) is 2.62. The van der Waals surface area contributed by atoms with Gasteiger partial charge in [-0.2, -0.15) is 0 Å². The highest BCUT2D eigenvalue weighted by atomic mass is 127. The van der Waals surface area contributed by atoms with Gasteiger partial charge >= 0.3 is 0 Å². The van der Waals surface area contributed by atoms with Crippen LogP contribution in [-0.4, -0.2) is 17.5 Å². The van der Waals surface area contributed by atoms with Crippen LogP contribution in [0.5, 0.6) is 0 Å². The molecule has 1 aromatic carbocycles. The van der Waals surface area contributed by atoms with Crippen LogP contribution >= 0.6 is 24.0 Å². The molecule has 1 aromatic heterocycles. The van der Waals surface area contributed by atoms with E-state index >= 15 is 0 Å². The molecule has 1 heterocycles. The number of aromatic nitrogens is 1. The van der Waals surface area contributed by atoms with Crippen LogP contribution in [0, 0.1) is 18.6 Å². The van der Waals surface area contributed by atoms with Gasteiger partial charge in [-0.3, -0.25) is 4.98 Å². The maximum absolute atomic E-state index is 13.4. The molecule has 25 heavy (non-hydrogen) atoms. The number of hydrogen-bond acceptors (Lipinski definition) is 2. The van der Waals surface area contributed by atoms with Gasteiger partial charge in [0.2, 0.25) is 0 Å². The number of nitrogens with zero attached hydrogens (tertiary/aromatic N) is 2. The molecule has 0 radical (unpaired) electrons. The molecule has 0 bridgehead atoms.